The minimum atomic E-state index is -3.37. The molecule has 0 aromatic heterocycles. The summed E-state index contributed by atoms with van der Waals surface area (Å²) in [6.45, 7) is 1.81. The second-order valence-corrected chi connectivity index (χ2v) is 6.75. The summed E-state index contributed by atoms with van der Waals surface area (Å²) in [5.41, 5.74) is 0.611. The molecular formula is C14H16ClNO2S. The Labute approximate surface area is 118 Å². The Hall–Kier alpha value is -1.26. The Morgan fingerprint density at radius 2 is 1.84 bits per heavy atom. The van der Waals surface area contributed by atoms with Crippen LogP contribution in [-0.4, -0.2) is 20.1 Å². The van der Waals surface area contributed by atoms with Crippen LogP contribution in [0.5, 0.6) is 0 Å². The lowest BCUT2D eigenvalue weighted by Gasteiger charge is -2.12. The summed E-state index contributed by atoms with van der Waals surface area (Å²) in [4.78, 5) is 0. The zero-order valence-electron chi connectivity index (χ0n) is 10.6. The fourth-order valence-electron chi connectivity index (χ4n) is 1.94. The number of anilines is 1. The molecule has 2 aromatic carbocycles. The average molecular weight is 298 g/mol. The Morgan fingerprint density at radius 1 is 1.16 bits per heavy atom. The van der Waals surface area contributed by atoms with Crippen molar-refractivity contribution in [2.45, 2.75) is 6.92 Å². The van der Waals surface area contributed by atoms with Gasteiger partial charge in [0.25, 0.3) is 0 Å². The van der Waals surface area contributed by atoms with E-state index in [-0.39, 0.29) is 11.7 Å². The van der Waals surface area contributed by atoms with Crippen molar-refractivity contribution in [3.63, 3.8) is 0 Å². The molecule has 19 heavy (non-hydrogen) atoms. The van der Waals surface area contributed by atoms with Crippen molar-refractivity contribution in [1.82, 2.24) is 0 Å². The molecule has 0 aliphatic rings. The van der Waals surface area contributed by atoms with Gasteiger partial charge in [-0.05, 0) is 17.4 Å². The molecule has 0 saturated carbocycles. The Balaban J connectivity index is 2.31. The van der Waals surface area contributed by atoms with Crippen LogP contribution in [-0.2, 0) is 10.0 Å². The van der Waals surface area contributed by atoms with Gasteiger partial charge in [0.1, 0.15) is 0 Å². The number of sulfonamides is 1. The molecule has 102 valence electrons. The molecule has 1 unspecified atom stereocenters. The highest BCUT2D eigenvalue weighted by molar-refractivity contribution is 7.92. The number of fused-ring (bicyclic) bond motifs is 1. The minimum absolute atomic E-state index is 0.0275. The molecule has 2 aromatic rings. The zero-order chi connectivity index (χ0) is 13.9. The van der Waals surface area contributed by atoms with Gasteiger partial charge in [0.2, 0.25) is 10.0 Å². The van der Waals surface area contributed by atoms with Gasteiger partial charge in [-0.15, -0.1) is 11.6 Å². The molecule has 0 aliphatic carbocycles. The normalized spacial score (nSPS) is 13.4. The number of halogens is 1. The van der Waals surface area contributed by atoms with Crippen molar-refractivity contribution >= 4 is 38.1 Å². The fourth-order valence-corrected chi connectivity index (χ4v) is 3.64. The van der Waals surface area contributed by atoms with Gasteiger partial charge in [0.05, 0.1) is 11.4 Å². The molecule has 1 N–H and O–H groups in total. The highest BCUT2D eigenvalue weighted by atomic mass is 35.5. The summed E-state index contributed by atoms with van der Waals surface area (Å²) in [5.74, 6) is 0.282. The third-order valence-corrected chi connectivity index (χ3v) is 4.89. The van der Waals surface area contributed by atoms with Crippen LogP contribution in [0.1, 0.15) is 6.92 Å². The maximum absolute atomic E-state index is 12.0. The predicted molar refractivity (Wildman–Crippen MR) is 81.2 cm³/mol. The van der Waals surface area contributed by atoms with Crippen LogP contribution >= 0.6 is 11.6 Å². The van der Waals surface area contributed by atoms with E-state index in [0.29, 0.717) is 11.6 Å². The molecule has 5 heteroatoms. The Bertz CT molecular complexity index is 665. The van der Waals surface area contributed by atoms with E-state index in [0.717, 1.165) is 10.8 Å². The van der Waals surface area contributed by atoms with Gasteiger partial charge in [0.15, 0.2) is 0 Å². The molecule has 0 spiro atoms. The third-order valence-electron chi connectivity index (χ3n) is 2.82. The first-order valence-electron chi connectivity index (χ1n) is 6.06. The lowest BCUT2D eigenvalue weighted by molar-refractivity contribution is 0.588. The van der Waals surface area contributed by atoms with Crippen molar-refractivity contribution in [2.75, 3.05) is 16.4 Å². The number of rotatable bonds is 5. The molecule has 0 radical (unpaired) electrons. The fraction of sp³-hybridized carbons (Fsp3) is 0.286. The van der Waals surface area contributed by atoms with Gasteiger partial charge in [-0.3, -0.25) is 4.72 Å². The molecule has 0 aliphatic heterocycles. The van der Waals surface area contributed by atoms with Crippen LogP contribution in [0.25, 0.3) is 10.8 Å². The topological polar surface area (TPSA) is 46.2 Å². The molecular weight excluding hydrogens is 282 g/mol. The second kappa shape index (κ2) is 5.80. The van der Waals surface area contributed by atoms with E-state index in [2.05, 4.69) is 4.72 Å². The van der Waals surface area contributed by atoms with Crippen LogP contribution in [0, 0.1) is 5.92 Å². The summed E-state index contributed by atoms with van der Waals surface area (Å²) in [6.07, 6.45) is 0. The van der Waals surface area contributed by atoms with Gasteiger partial charge < -0.3 is 0 Å². The lowest BCUT2D eigenvalue weighted by Crippen LogP contribution is -2.22. The summed E-state index contributed by atoms with van der Waals surface area (Å²) in [7, 11) is -3.37. The first-order chi connectivity index (χ1) is 9.02. The highest BCUT2D eigenvalue weighted by Crippen LogP contribution is 2.24. The van der Waals surface area contributed by atoms with Crippen LogP contribution < -0.4 is 4.72 Å². The van der Waals surface area contributed by atoms with E-state index in [1.54, 1.807) is 6.07 Å². The predicted octanol–water partition coefficient (Wildman–Crippen LogP) is 3.46. The molecule has 0 fully saturated rings. The molecule has 0 amide bonds. The molecule has 0 saturated heterocycles. The van der Waals surface area contributed by atoms with E-state index in [1.165, 1.54) is 0 Å². The Morgan fingerprint density at radius 3 is 2.58 bits per heavy atom. The second-order valence-electron chi connectivity index (χ2n) is 4.67. The van der Waals surface area contributed by atoms with Crippen molar-refractivity contribution in [1.29, 1.82) is 0 Å². The lowest BCUT2D eigenvalue weighted by atomic mass is 10.1. The molecule has 0 heterocycles. The smallest absolute Gasteiger partial charge is 0.233 e. The van der Waals surface area contributed by atoms with Crippen molar-refractivity contribution in [2.24, 2.45) is 5.92 Å². The average Bonchev–Trinajstić information content (AvgIpc) is 2.38. The molecule has 3 nitrogen and oxygen atoms in total. The van der Waals surface area contributed by atoms with Crippen LogP contribution in [0.4, 0.5) is 5.69 Å². The first kappa shape index (κ1) is 14.2. The number of benzene rings is 2. The first-order valence-corrected chi connectivity index (χ1v) is 8.25. The van der Waals surface area contributed by atoms with Gasteiger partial charge in [-0.1, -0.05) is 43.3 Å². The number of hydrogen-bond acceptors (Lipinski definition) is 2. The number of nitrogens with one attached hydrogen (secondary N) is 1. The SMILES string of the molecule is CC(CCl)CS(=O)(=O)Nc1cccc2ccccc12. The van der Waals surface area contributed by atoms with E-state index in [4.69, 9.17) is 11.6 Å². The number of hydrogen-bond donors (Lipinski definition) is 1. The monoisotopic (exact) mass is 297 g/mol. The van der Waals surface area contributed by atoms with E-state index in [1.807, 2.05) is 43.3 Å². The van der Waals surface area contributed by atoms with E-state index >= 15 is 0 Å². The van der Waals surface area contributed by atoms with E-state index in [9.17, 15) is 8.42 Å². The number of alkyl halides is 1. The molecule has 2 rings (SSSR count). The molecule has 0 bridgehead atoms. The maximum Gasteiger partial charge on any atom is 0.233 e. The van der Waals surface area contributed by atoms with Crippen molar-refractivity contribution in [3.05, 3.63) is 42.5 Å². The van der Waals surface area contributed by atoms with Crippen LogP contribution in [0.3, 0.4) is 0 Å². The third kappa shape index (κ3) is 3.61. The summed E-state index contributed by atoms with van der Waals surface area (Å²) in [6, 6.07) is 13.2. The zero-order valence-corrected chi connectivity index (χ0v) is 12.2. The van der Waals surface area contributed by atoms with Crippen LogP contribution in [0.15, 0.2) is 42.5 Å². The van der Waals surface area contributed by atoms with Gasteiger partial charge in [-0.25, -0.2) is 8.42 Å². The van der Waals surface area contributed by atoms with Gasteiger partial charge in [-0.2, -0.15) is 0 Å². The highest BCUT2D eigenvalue weighted by Gasteiger charge is 2.16. The quantitative estimate of drug-likeness (QED) is 0.859. The Kier molecular flexibility index (Phi) is 4.32. The standard InChI is InChI=1S/C14H16ClNO2S/c1-11(9-15)10-19(17,18)16-14-8-4-6-12-5-2-3-7-13(12)14/h2-8,11,16H,9-10H2,1H3. The minimum Gasteiger partial charge on any atom is -0.283 e. The van der Waals surface area contributed by atoms with E-state index < -0.39 is 10.0 Å². The summed E-state index contributed by atoms with van der Waals surface area (Å²) >= 11 is 5.66. The van der Waals surface area contributed by atoms with Crippen LogP contribution in [0.2, 0.25) is 0 Å². The van der Waals surface area contributed by atoms with Gasteiger partial charge in [0, 0.05) is 11.3 Å². The maximum atomic E-state index is 12.0. The largest absolute Gasteiger partial charge is 0.283 e. The summed E-state index contributed by atoms with van der Waals surface area (Å²) in [5, 5.41) is 1.90. The van der Waals surface area contributed by atoms with Crippen molar-refractivity contribution in [3.8, 4) is 0 Å². The van der Waals surface area contributed by atoms with Crippen molar-refractivity contribution < 1.29 is 8.42 Å². The molecule has 1 atom stereocenters. The van der Waals surface area contributed by atoms with Gasteiger partial charge >= 0.3 is 0 Å². The summed E-state index contributed by atoms with van der Waals surface area (Å²) < 4.78 is 26.7.